The molecule has 0 radical (unpaired) electrons. The number of aromatic nitrogens is 1. The molecule has 5 heteroatoms. The van der Waals surface area contributed by atoms with Crippen molar-refractivity contribution in [1.29, 1.82) is 0 Å². The first-order valence-electron chi connectivity index (χ1n) is 6.72. The molecule has 19 heavy (non-hydrogen) atoms. The Kier molecular flexibility index (Phi) is 7.55. The van der Waals surface area contributed by atoms with Crippen molar-refractivity contribution in [1.82, 2.24) is 9.88 Å². The molecule has 0 aliphatic heterocycles. The van der Waals surface area contributed by atoms with Gasteiger partial charge in [-0.25, -0.2) is 4.39 Å². The van der Waals surface area contributed by atoms with E-state index in [1.54, 1.807) is 0 Å². The maximum atomic E-state index is 12.7. The van der Waals surface area contributed by atoms with Crippen LogP contribution in [0.4, 0.5) is 4.39 Å². The molecular formula is C14H23FN2O2. The quantitative estimate of drug-likeness (QED) is 0.671. The monoisotopic (exact) mass is 270 g/mol. The molecule has 0 saturated carbocycles. The molecule has 1 rings (SSSR count). The summed E-state index contributed by atoms with van der Waals surface area (Å²) in [5.41, 5.74) is 0.509. The van der Waals surface area contributed by atoms with Crippen molar-refractivity contribution < 1.29 is 14.6 Å². The highest BCUT2D eigenvalue weighted by molar-refractivity contribution is 5.07. The highest BCUT2D eigenvalue weighted by atomic mass is 19.1. The van der Waals surface area contributed by atoms with Gasteiger partial charge < -0.3 is 15.1 Å². The molecule has 0 aliphatic carbocycles. The molecule has 0 spiro atoms. The summed E-state index contributed by atoms with van der Waals surface area (Å²) >= 11 is 0. The number of unbranched alkanes of at least 4 members (excludes halogenated alkanes) is 2. The van der Waals surface area contributed by atoms with Gasteiger partial charge in [0.2, 0.25) is 0 Å². The van der Waals surface area contributed by atoms with E-state index in [-0.39, 0.29) is 6.61 Å². The lowest BCUT2D eigenvalue weighted by Crippen LogP contribution is -2.22. The number of hydrogen-bond donors (Lipinski definition) is 2. The fourth-order valence-corrected chi connectivity index (χ4v) is 1.86. The summed E-state index contributed by atoms with van der Waals surface area (Å²) in [6.07, 6.45) is 3.95. The Labute approximate surface area is 113 Å². The highest BCUT2D eigenvalue weighted by Crippen LogP contribution is 2.14. The first-order chi connectivity index (χ1) is 9.13. The Morgan fingerprint density at radius 2 is 2.05 bits per heavy atom. The van der Waals surface area contributed by atoms with Crippen LogP contribution in [0.3, 0.4) is 0 Å². The summed E-state index contributed by atoms with van der Waals surface area (Å²) in [4.78, 5) is 6.01. The van der Waals surface area contributed by atoms with Crippen molar-refractivity contribution in [2.45, 2.75) is 31.8 Å². The first kappa shape index (κ1) is 16.0. The molecule has 2 N–H and O–H groups in total. The molecule has 0 bridgehead atoms. The van der Waals surface area contributed by atoms with Crippen molar-refractivity contribution in [3.8, 4) is 0 Å². The molecule has 0 aromatic carbocycles. The molecule has 1 atom stereocenters. The third kappa shape index (κ3) is 6.61. The molecule has 0 fully saturated rings. The lowest BCUT2D eigenvalue weighted by atomic mass is 10.1. The van der Waals surface area contributed by atoms with Crippen LogP contribution in [0.15, 0.2) is 18.3 Å². The van der Waals surface area contributed by atoms with Gasteiger partial charge in [-0.1, -0.05) is 0 Å². The van der Waals surface area contributed by atoms with E-state index in [1.807, 2.05) is 7.05 Å². The average molecular weight is 270 g/mol. The van der Waals surface area contributed by atoms with Gasteiger partial charge in [-0.2, -0.15) is 0 Å². The summed E-state index contributed by atoms with van der Waals surface area (Å²) in [7, 11) is 2.00. The fraction of sp³-hybridized carbons (Fsp3) is 0.643. The summed E-state index contributed by atoms with van der Waals surface area (Å²) in [6.45, 7) is 1.96. The Balaban J connectivity index is 2.22. The summed E-state index contributed by atoms with van der Waals surface area (Å²) < 4.78 is 12.7. The molecule has 0 amide bonds. The molecule has 1 heterocycles. The van der Waals surface area contributed by atoms with Crippen LogP contribution < -0.4 is 0 Å². The lowest BCUT2D eigenvalue weighted by molar-refractivity contribution is 0.144. The van der Waals surface area contributed by atoms with Gasteiger partial charge in [0.15, 0.2) is 0 Å². The van der Waals surface area contributed by atoms with E-state index in [4.69, 9.17) is 5.11 Å². The predicted molar refractivity (Wildman–Crippen MR) is 72.2 cm³/mol. The van der Waals surface area contributed by atoms with Gasteiger partial charge in [0, 0.05) is 13.2 Å². The van der Waals surface area contributed by atoms with Gasteiger partial charge in [0.25, 0.3) is 0 Å². The SMILES string of the molecule is CN(CCCCCO)CCC(O)c1ccc(F)cn1. The summed E-state index contributed by atoms with van der Waals surface area (Å²) in [5.74, 6) is -0.392. The molecule has 1 aromatic heterocycles. The second-order valence-electron chi connectivity index (χ2n) is 4.79. The molecule has 0 aliphatic rings. The van der Waals surface area contributed by atoms with Crippen LogP contribution in [0.1, 0.15) is 37.5 Å². The Bertz CT molecular complexity index is 346. The first-order valence-corrected chi connectivity index (χ1v) is 6.72. The Morgan fingerprint density at radius 3 is 2.68 bits per heavy atom. The zero-order chi connectivity index (χ0) is 14.1. The summed E-state index contributed by atoms with van der Waals surface area (Å²) in [6, 6.07) is 2.82. The van der Waals surface area contributed by atoms with Gasteiger partial charge in [0.05, 0.1) is 18.0 Å². The third-order valence-corrected chi connectivity index (χ3v) is 3.07. The zero-order valence-corrected chi connectivity index (χ0v) is 11.4. The van der Waals surface area contributed by atoms with Crippen LogP contribution >= 0.6 is 0 Å². The van der Waals surface area contributed by atoms with Crippen molar-refractivity contribution in [2.24, 2.45) is 0 Å². The number of aliphatic hydroxyl groups is 2. The van der Waals surface area contributed by atoms with Crippen LogP contribution in [0.2, 0.25) is 0 Å². The molecule has 0 saturated heterocycles. The van der Waals surface area contributed by atoms with E-state index >= 15 is 0 Å². The molecular weight excluding hydrogens is 247 g/mol. The standard InChI is InChI=1S/C14H23FN2O2/c1-17(8-3-2-4-10-18)9-7-14(19)13-6-5-12(15)11-16-13/h5-6,11,14,18-19H,2-4,7-10H2,1H3. The largest absolute Gasteiger partial charge is 0.396 e. The van der Waals surface area contributed by atoms with Gasteiger partial charge in [-0.05, 0) is 51.4 Å². The summed E-state index contributed by atoms with van der Waals surface area (Å²) in [5, 5.41) is 18.6. The van der Waals surface area contributed by atoms with Crippen molar-refractivity contribution in [3.63, 3.8) is 0 Å². The van der Waals surface area contributed by atoms with Crippen molar-refractivity contribution in [2.75, 3.05) is 26.7 Å². The van der Waals surface area contributed by atoms with E-state index in [0.717, 1.165) is 38.5 Å². The van der Waals surface area contributed by atoms with E-state index in [9.17, 15) is 9.50 Å². The van der Waals surface area contributed by atoms with E-state index < -0.39 is 11.9 Å². The maximum Gasteiger partial charge on any atom is 0.141 e. The maximum absolute atomic E-state index is 12.7. The van der Waals surface area contributed by atoms with Gasteiger partial charge in [-0.15, -0.1) is 0 Å². The van der Waals surface area contributed by atoms with E-state index in [0.29, 0.717) is 12.1 Å². The van der Waals surface area contributed by atoms with Crippen molar-refractivity contribution in [3.05, 3.63) is 29.8 Å². The highest BCUT2D eigenvalue weighted by Gasteiger charge is 2.10. The molecule has 4 nitrogen and oxygen atoms in total. The van der Waals surface area contributed by atoms with Crippen LogP contribution in [0.5, 0.6) is 0 Å². The van der Waals surface area contributed by atoms with Crippen LogP contribution in [0, 0.1) is 5.82 Å². The lowest BCUT2D eigenvalue weighted by Gasteiger charge is -2.18. The second-order valence-corrected chi connectivity index (χ2v) is 4.79. The number of pyridine rings is 1. The smallest absolute Gasteiger partial charge is 0.141 e. The molecule has 108 valence electrons. The number of halogens is 1. The second kappa shape index (κ2) is 8.96. The number of nitrogens with zero attached hydrogens (tertiary/aromatic N) is 2. The topological polar surface area (TPSA) is 56.6 Å². The number of hydrogen-bond acceptors (Lipinski definition) is 4. The third-order valence-electron chi connectivity index (χ3n) is 3.07. The van der Waals surface area contributed by atoms with Crippen LogP contribution in [0.25, 0.3) is 0 Å². The van der Waals surface area contributed by atoms with E-state index in [2.05, 4.69) is 9.88 Å². The minimum atomic E-state index is -0.652. The fourth-order valence-electron chi connectivity index (χ4n) is 1.86. The van der Waals surface area contributed by atoms with Gasteiger partial charge >= 0.3 is 0 Å². The average Bonchev–Trinajstić information content (AvgIpc) is 2.42. The minimum absolute atomic E-state index is 0.249. The van der Waals surface area contributed by atoms with Crippen molar-refractivity contribution >= 4 is 0 Å². The number of aliphatic hydroxyl groups excluding tert-OH is 2. The normalized spacial score (nSPS) is 12.9. The molecule has 1 unspecified atom stereocenters. The zero-order valence-electron chi connectivity index (χ0n) is 11.4. The predicted octanol–water partition coefficient (Wildman–Crippen LogP) is 1.74. The Hall–Kier alpha value is -1.04. The van der Waals surface area contributed by atoms with Crippen LogP contribution in [-0.2, 0) is 0 Å². The minimum Gasteiger partial charge on any atom is -0.396 e. The van der Waals surface area contributed by atoms with E-state index in [1.165, 1.54) is 12.1 Å². The van der Waals surface area contributed by atoms with Gasteiger partial charge in [0.1, 0.15) is 5.82 Å². The number of rotatable bonds is 9. The van der Waals surface area contributed by atoms with Crippen LogP contribution in [-0.4, -0.2) is 46.8 Å². The Morgan fingerprint density at radius 1 is 1.26 bits per heavy atom. The molecule has 1 aromatic rings. The van der Waals surface area contributed by atoms with Gasteiger partial charge in [-0.3, -0.25) is 4.98 Å².